The van der Waals surface area contributed by atoms with Gasteiger partial charge in [-0.05, 0) is 37.6 Å². The lowest BCUT2D eigenvalue weighted by Gasteiger charge is -2.12. The van der Waals surface area contributed by atoms with E-state index in [2.05, 4.69) is 21.0 Å². The predicted octanol–water partition coefficient (Wildman–Crippen LogP) is 3.64. The Morgan fingerprint density at radius 3 is 2.70 bits per heavy atom. The molecule has 0 aliphatic heterocycles. The van der Waals surface area contributed by atoms with E-state index in [1.807, 2.05) is 55.1 Å². The zero-order valence-electron chi connectivity index (χ0n) is 11.5. The van der Waals surface area contributed by atoms with Gasteiger partial charge in [0.1, 0.15) is 0 Å². The Kier molecular flexibility index (Phi) is 4.60. The molecule has 1 aromatic carbocycles. The van der Waals surface area contributed by atoms with E-state index in [0.29, 0.717) is 6.42 Å². The van der Waals surface area contributed by atoms with Crippen molar-refractivity contribution < 1.29 is 9.90 Å². The Balaban J connectivity index is 2.23. The third kappa shape index (κ3) is 3.48. The summed E-state index contributed by atoms with van der Waals surface area (Å²) < 4.78 is 2.73. The van der Waals surface area contributed by atoms with Gasteiger partial charge < -0.3 is 5.11 Å². The van der Waals surface area contributed by atoms with Gasteiger partial charge in [0.15, 0.2) is 0 Å². The number of hydrogen-bond donors (Lipinski definition) is 1. The Morgan fingerprint density at radius 2 is 2.15 bits per heavy atom. The molecule has 0 bridgehead atoms. The minimum atomic E-state index is -0.831. The third-order valence-corrected chi connectivity index (χ3v) is 3.65. The molecule has 1 atom stereocenters. The summed E-state index contributed by atoms with van der Waals surface area (Å²) in [5, 5.41) is 13.9. The van der Waals surface area contributed by atoms with Crippen LogP contribution in [0.25, 0.3) is 0 Å². The lowest BCUT2D eigenvalue weighted by Crippen LogP contribution is -2.15. The van der Waals surface area contributed by atoms with Crippen molar-refractivity contribution in [3.8, 4) is 0 Å². The first-order chi connectivity index (χ1) is 9.47. The zero-order chi connectivity index (χ0) is 14.7. The number of aliphatic carboxylic acids is 1. The fourth-order valence-electron chi connectivity index (χ4n) is 2.05. The third-order valence-electron chi connectivity index (χ3n) is 3.16. The highest BCUT2D eigenvalue weighted by Gasteiger charge is 2.21. The van der Waals surface area contributed by atoms with Gasteiger partial charge in [0, 0.05) is 23.1 Å². The molecule has 4 nitrogen and oxygen atoms in total. The second kappa shape index (κ2) is 6.22. The van der Waals surface area contributed by atoms with E-state index in [-0.39, 0.29) is 6.04 Å². The molecule has 5 heteroatoms. The largest absolute Gasteiger partial charge is 0.481 e. The maximum Gasteiger partial charge on any atom is 0.311 e. The Bertz CT molecular complexity index is 607. The van der Waals surface area contributed by atoms with Gasteiger partial charge in [0.05, 0.1) is 11.6 Å². The van der Waals surface area contributed by atoms with Crippen molar-refractivity contribution in [2.24, 2.45) is 0 Å². The molecule has 0 aliphatic rings. The molecule has 0 amide bonds. The summed E-state index contributed by atoms with van der Waals surface area (Å²) >= 11 is 3.38. The molecule has 0 aliphatic carbocycles. The first-order valence-corrected chi connectivity index (χ1v) is 7.29. The van der Waals surface area contributed by atoms with Gasteiger partial charge in [0.2, 0.25) is 0 Å². The molecule has 106 valence electrons. The normalized spacial score (nSPS) is 12.6. The number of benzene rings is 1. The van der Waals surface area contributed by atoms with Crippen LogP contribution in [0.2, 0.25) is 0 Å². The van der Waals surface area contributed by atoms with Crippen molar-refractivity contribution in [2.45, 2.75) is 32.2 Å². The molecule has 20 heavy (non-hydrogen) atoms. The van der Waals surface area contributed by atoms with Crippen LogP contribution in [0.5, 0.6) is 0 Å². The summed E-state index contributed by atoms with van der Waals surface area (Å²) in [5.74, 6) is -1.41. The van der Waals surface area contributed by atoms with Crippen molar-refractivity contribution >= 4 is 21.9 Å². The van der Waals surface area contributed by atoms with E-state index in [4.69, 9.17) is 0 Å². The summed E-state index contributed by atoms with van der Waals surface area (Å²) in [6.45, 7) is 4.08. The van der Waals surface area contributed by atoms with Crippen molar-refractivity contribution in [2.75, 3.05) is 0 Å². The molecule has 0 radical (unpaired) electrons. The quantitative estimate of drug-likeness (QED) is 0.906. The fraction of sp³-hybridized carbons (Fsp3) is 0.333. The van der Waals surface area contributed by atoms with Crippen LogP contribution in [-0.2, 0) is 11.2 Å². The SMILES string of the molecule is CC(C)n1ccc(CC(C(=O)O)c2cccc(Br)c2)n1. The van der Waals surface area contributed by atoms with Gasteiger partial charge in [-0.1, -0.05) is 28.1 Å². The molecule has 2 rings (SSSR count). The van der Waals surface area contributed by atoms with E-state index < -0.39 is 11.9 Å². The van der Waals surface area contributed by atoms with Crippen LogP contribution in [0.15, 0.2) is 41.0 Å². The smallest absolute Gasteiger partial charge is 0.311 e. The Labute approximate surface area is 126 Å². The van der Waals surface area contributed by atoms with Gasteiger partial charge in [0.25, 0.3) is 0 Å². The van der Waals surface area contributed by atoms with Crippen LogP contribution in [0, 0.1) is 0 Å². The average Bonchev–Trinajstić information content (AvgIpc) is 2.84. The minimum Gasteiger partial charge on any atom is -0.481 e. The highest BCUT2D eigenvalue weighted by atomic mass is 79.9. The highest BCUT2D eigenvalue weighted by molar-refractivity contribution is 9.10. The second-order valence-electron chi connectivity index (χ2n) is 5.03. The van der Waals surface area contributed by atoms with Gasteiger partial charge in [-0.2, -0.15) is 5.10 Å². The molecule has 1 heterocycles. The minimum absolute atomic E-state index is 0.276. The fourth-order valence-corrected chi connectivity index (χ4v) is 2.47. The predicted molar refractivity (Wildman–Crippen MR) is 80.8 cm³/mol. The maximum atomic E-state index is 11.5. The molecule has 0 spiro atoms. The molecule has 0 fully saturated rings. The molecule has 1 unspecified atom stereocenters. The van der Waals surface area contributed by atoms with Crippen LogP contribution in [0.4, 0.5) is 0 Å². The van der Waals surface area contributed by atoms with Crippen molar-refractivity contribution in [1.29, 1.82) is 0 Å². The number of rotatable bonds is 5. The van der Waals surface area contributed by atoms with Crippen molar-refractivity contribution in [3.05, 3.63) is 52.3 Å². The number of carboxylic acid groups (broad SMARTS) is 1. The molecule has 1 aromatic heterocycles. The standard InChI is InChI=1S/C15H17BrN2O2/c1-10(2)18-7-6-13(17-18)9-14(15(19)20)11-4-3-5-12(16)8-11/h3-8,10,14H,9H2,1-2H3,(H,19,20). The lowest BCUT2D eigenvalue weighted by atomic mass is 9.94. The second-order valence-corrected chi connectivity index (χ2v) is 5.95. The van der Waals surface area contributed by atoms with E-state index in [9.17, 15) is 9.90 Å². The summed E-state index contributed by atoms with van der Waals surface area (Å²) in [7, 11) is 0. The number of nitrogens with zero attached hydrogens (tertiary/aromatic N) is 2. The Hall–Kier alpha value is -1.62. The summed E-state index contributed by atoms with van der Waals surface area (Å²) in [5.41, 5.74) is 1.58. The molecule has 2 aromatic rings. The van der Waals surface area contributed by atoms with Crippen LogP contribution in [-0.4, -0.2) is 20.9 Å². The first-order valence-electron chi connectivity index (χ1n) is 6.49. The van der Waals surface area contributed by atoms with Crippen molar-refractivity contribution in [1.82, 2.24) is 9.78 Å². The number of carboxylic acids is 1. The molecule has 0 saturated heterocycles. The summed E-state index contributed by atoms with van der Waals surface area (Å²) in [6.07, 6.45) is 2.28. The number of halogens is 1. The van der Waals surface area contributed by atoms with E-state index in [1.54, 1.807) is 0 Å². The van der Waals surface area contributed by atoms with Gasteiger partial charge in [-0.15, -0.1) is 0 Å². The monoisotopic (exact) mass is 336 g/mol. The van der Waals surface area contributed by atoms with Gasteiger partial charge in [-0.3, -0.25) is 9.48 Å². The van der Waals surface area contributed by atoms with E-state index in [1.165, 1.54) is 0 Å². The topological polar surface area (TPSA) is 55.1 Å². The van der Waals surface area contributed by atoms with Crippen LogP contribution < -0.4 is 0 Å². The van der Waals surface area contributed by atoms with Gasteiger partial charge >= 0.3 is 5.97 Å². The molecular formula is C15H17BrN2O2. The van der Waals surface area contributed by atoms with E-state index >= 15 is 0 Å². The summed E-state index contributed by atoms with van der Waals surface area (Å²) in [4.78, 5) is 11.5. The number of aromatic nitrogens is 2. The van der Waals surface area contributed by atoms with Crippen LogP contribution in [0.1, 0.15) is 37.1 Å². The zero-order valence-corrected chi connectivity index (χ0v) is 13.0. The number of carbonyl (C=O) groups is 1. The van der Waals surface area contributed by atoms with Crippen molar-refractivity contribution in [3.63, 3.8) is 0 Å². The maximum absolute atomic E-state index is 11.5. The first kappa shape index (κ1) is 14.8. The van der Waals surface area contributed by atoms with Crippen LogP contribution >= 0.6 is 15.9 Å². The van der Waals surface area contributed by atoms with Gasteiger partial charge in [-0.25, -0.2) is 0 Å². The lowest BCUT2D eigenvalue weighted by molar-refractivity contribution is -0.138. The molecule has 0 saturated carbocycles. The molecular weight excluding hydrogens is 320 g/mol. The number of hydrogen-bond acceptors (Lipinski definition) is 2. The molecule has 1 N–H and O–H groups in total. The van der Waals surface area contributed by atoms with Crippen LogP contribution in [0.3, 0.4) is 0 Å². The van der Waals surface area contributed by atoms with E-state index in [0.717, 1.165) is 15.7 Å². The average molecular weight is 337 g/mol. The summed E-state index contributed by atoms with van der Waals surface area (Å²) in [6, 6.07) is 9.57. The highest BCUT2D eigenvalue weighted by Crippen LogP contribution is 2.24. The Morgan fingerprint density at radius 1 is 1.40 bits per heavy atom.